The lowest BCUT2D eigenvalue weighted by Crippen LogP contribution is -2.13. The number of nitrogens with zero attached hydrogens (tertiary/aromatic N) is 7. The maximum atomic E-state index is 11.4. The highest BCUT2D eigenvalue weighted by Crippen LogP contribution is 2.32. The molecule has 33 heavy (non-hydrogen) atoms. The first kappa shape index (κ1) is 21.0. The van der Waals surface area contributed by atoms with Crippen LogP contribution in [0.4, 0.5) is 0 Å². The van der Waals surface area contributed by atoms with Gasteiger partial charge in [0.05, 0.1) is 29.3 Å². The molecule has 0 spiro atoms. The van der Waals surface area contributed by atoms with Crippen molar-refractivity contribution in [3.05, 3.63) is 66.2 Å². The van der Waals surface area contributed by atoms with Crippen molar-refractivity contribution in [2.45, 2.75) is 5.03 Å². The lowest BCUT2D eigenvalue weighted by molar-refractivity contribution is 0.432. The van der Waals surface area contributed by atoms with Gasteiger partial charge in [-0.2, -0.15) is 15.2 Å². The number of nitrogens with two attached hydrogens (primary N) is 1. The first-order valence-corrected chi connectivity index (χ1v) is 11.4. The van der Waals surface area contributed by atoms with Crippen LogP contribution >= 0.6 is 11.6 Å². The maximum Gasteiger partial charge on any atom is 0.262 e. The van der Waals surface area contributed by atoms with Crippen molar-refractivity contribution in [1.82, 2.24) is 34.7 Å². The Bertz CT molecular complexity index is 1550. The molecule has 0 aliphatic rings. The summed E-state index contributed by atoms with van der Waals surface area (Å²) < 4.78 is 31.7. The molecule has 0 aliphatic heterocycles. The van der Waals surface area contributed by atoms with E-state index >= 15 is 0 Å². The molecule has 0 radical (unpaired) electrons. The smallest absolute Gasteiger partial charge is 0.262 e. The van der Waals surface area contributed by atoms with Crippen LogP contribution in [0.15, 0.2) is 70.7 Å². The van der Waals surface area contributed by atoms with Crippen LogP contribution < -0.4 is 5.14 Å². The summed E-state index contributed by atoms with van der Waals surface area (Å²) in [4.78, 5) is 8.27. The van der Waals surface area contributed by atoms with Gasteiger partial charge in [0, 0.05) is 35.6 Å². The predicted molar refractivity (Wildman–Crippen MR) is 119 cm³/mol. The van der Waals surface area contributed by atoms with E-state index in [1.165, 1.54) is 18.3 Å². The Morgan fingerprint density at radius 3 is 2.48 bits per heavy atom. The molecular weight excluding hydrogens is 468 g/mol. The topological polar surface area (TPSA) is 148 Å². The van der Waals surface area contributed by atoms with Gasteiger partial charge in [0.15, 0.2) is 5.03 Å². The van der Waals surface area contributed by atoms with E-state index in [0.717, 1.165) is 16.9 Å². The molecule has 0 aliphatic carbocycles. The average Bonchev–Trinajstić information content (AvgIpc) is 3.53. The number of hydrogen-bond donors (Lipinski definition) is 1. The van der Waals surface area contributed by atoms with E-state index in [1.807, 2.05) is 18.3 Å². The van der Waals surface area contributed by atoms with Crippen LogP contribution in [0, 0.1) is 0 Å². The number of rotatable bonds is 5. The van der Waals surface area contributed by atoms with Gasteiger partial charge in [0.25, 0.3) is 15.9 Å². The number of hydrogen-bond acceptors (Lipinski definition) is 8. The van der Waals surface area contributed by atoms with Crippen LogP contribution in [0.5, 0.6) is 0 Å². The number of halogens is 1. The number of sulfonamides is 1. The van der Waals surface area contributed by atoms with E-state index in [9.17, 15) is 8.42 Å². The van der Waals surface area contributed by atoms with E-state index in [4.69, 9.17) is 21.3 Å². The molecule has 5 rings (SSSR count). The highest BCUT2D eigenvalue weighted by atomic mass is 35.5. The number of aromatic nitrogens is 7. The fraction of sp³-hybridized carbons (Fsp3) is 0.0500. The molecule has 0 unspecified atom stereocenters. The normalized spacial score (nSPS) is 11.7. The van der Waals surface area contributed by atoms with Gasteiger partial charge in [-0.3, -0.25) is 4.68 Å². The fourth-order valence-electron chi connectivity index (χ4n) is 3.25. The third kappa shape index (κ3) is 4.02. The molecule has 0 amide bonds. The van der Waals surface area contributed by atoms with E-state index < -0.39 is 10.0 Å². The fourth-order valence-corrected chi connectivity index (χ4v) is 3.83. The van der Waals surface area contributed by atoms with Gasteiger partial charge in [0.1, 0.15) is 0 Å². The summed E-state index contributed by atoms with van der Waals surface area (Å²) in [6.45, 7) is 0. The molecule has 2 N–H and O–H groups in total. The minimum Gasteiger partial charge on any atom is -0.333 e. The minimum atomic E-state index is -3.89. The molecule has 4 heterocycles. The van der Waals surface area contributed by atoms with Crippen LogP contribution in [0.3, 0.4) is 0 Å². The minimum absolute atomic E-state index is 0.239. The molecule has 0 atom stereocenters. The number of pyridine rings is 1. The number of primary sulfonamides is 1. The van der Waals surface area contributed by atoms with Crippen LogP contribution in [-0.4, -0.2) is 43.1 Å². The van der Waals surface area contributed by atoms with Crippen molar-refractivity contribution < 1.29 is 12.9 Å². The Kier molecular flexibility index (Phi) is 5.04. The zero-order chi connectivity index (χ0) is 23.2. The Labute approximate surface area is 192 Å². The number of benzene rings is 1. The summed E-state index contributed by atoms with van der Waals surface area (Å²) in [6.07, 6.45) is 6.50. The molecule has 5 aromatic rings. The third-order valence-electron chi connectivity index (χ3n) is 4.83. The maximum absolute atomic E-state index is 11.4. The molecule has 0 bridgehead atoms. The second kappa shape index (κ2) is 7.92. The van der Waals surface area contributed by atoms with Crippen LogP contribution in [0.2, 0.25) is 5.02 Å². The summed E-state index contributed by atoms with van der Waals surface area (Å²) in [7, 11) is -2.10. The zero-order valence-corrected chi connectivity index (χ0v) is 18.6. The van der Waals surface area contributed by atoms with Gasteiger partial charge < -0.3 is 4.52 Å². The van der Waals surface area contributed by atoms with E-state index in [-0.39, 0.29) is 16.7 Å². The average molecular weight is 483 g/mol. The van der Waals surface area contributed by atoms with E-state index in [0.29, 0.717) is 16.1 Å². The highest BCUT2D eigenvalue weighted by molar-refractivity contribution is 7.89. The molecule has 13 heteroatoms. The van der Waals surface area contributed by atoms with Gasteiger partial charge >= 0.3 is 0 Å². The first-order valence-electron chi connectivity index (χ1n) is 9.46. The second-order valence-corrected chi connectivity index (χ2v) is 8.98. The lowest BCUT2D eigenvalue weighted by atomic mass is 10.1. The second-order valence-electron chi connectivity index (χ2n) is 7.03. The summed E-state index contributed by atoms with van der Waals surface area (Å²) in [5.41, 5.74) is 3.45. The van der Waals surface area contributed by atoms with Crippen molar-refractivity contribution >= 4 is 21.6 Å². The highest BCUT2D eigenvalue weighted by Gasteiger charge is 2.21. The van der Waals surface area contributed by atoms with Gasteiger partial charge in [-0.25, -0.2) is 23.2 Å². The largest absolute Gasteiger partial charge is 0.333 e. The van der Waals surface area contributed by atoms with Crippen LogP contribution in [0.25, 0.3) is 39.8 Å². The van der Waals surface area contributed by atoms with Crippen molar-refractivity contribution in [2.75, 3.05) is 0 Å². The summed E-state index contributed by atoms with van der Waals surface area (Å²) >= 11 is 5.97. The Morgan fingerprint density at radius 2 is 1.79 bits per heavy atom. The molecule has 1 aromatic carbocycles. The summed E-state index contributed by atoms with van der Waals surface area (Å²) in [5, 5.41) is 18.2. The Balaban J connectivity index is 1.48. The van der Waals surface area contributed by atoms with E-state index in [1.54, 1.807) is 40.9 Å². The van der Waals surface area contributed by atoms with Crippen LogP contribution in [-0.2, 0) is 17.1 Å². The molecule has 0 fully saturated rings. The van der Waals surface area contributed by atoms with Gasteiger partial charge in [0.2, 0.25) is 5.82 Å². The van der Waals surface area contributed by atoms with Gasteiger partial charge in [-0.1, -0.05) is 16.8 Å². The summed E-state index contributed by atoms with van der Waals surface area (Å²) in [5.74, 6) is 0.480. The lowest BCUT2D eigenvalue weighted by Gasteiger charge is -2.02. The molecule has 0 saturated carbocycles. The Hall–Kier alpha value is -3.87. The van der Waals surface area contributed by atoms with Gasteiger partial charge in [-0.05, 0) is 36.4 Å². The molecule has 11 nitrogen and oxygen atoms in total. The van der Waals surface area contributed by atoms with Gasteiger partial charge in [-0.15, -0.1) is 0 Å². The molecular formula is C20H15ClN8O3S. The van der Waals surface area contributed by atoms with Crippen molar-refractivity contribution in [2.24, 2.45) is 12.2 Å². The molecule has 0 saturated heterocycles. The SMILES string of the molecule is Cn1ncc(-c2nc(-c3ccc(S(N)(=O)=O)nc3)no2)c1-c1cnn(-c2ccc(Cl)cc2)c1. The third-order valence-corrected chi connectivity index (χ3v) is 5.90. The monoisotopic (exact) mass is 482 g/mol. The van der Waals surface area contributed by atoms with Crippen molar-refractivity contribution in [1.29, 1.82) is 0 Å². The Morgan fingerprint density at radius 1 is 1.00 bits per heavy atom. The van der Waals surface area contributed by atoms with E-state index in [2.05, 4.69) is 25.3 Å². The quantitative estimate of drug-likeness (QED) is 0.402. The van der Waals surface area contributed by atoms with Crippen LogP contribution in [0.1, 0.15) is 0 Å². The van der Waals surface area contributed by atoms with Crippen molar-refractivity contribution in [3.63, 3.8) is 0 Å². The van der Waals surface area contributed by atoms with Crippen molar-refractivity contribution in [3.8, 4) is 39.8 Å². The molecule has 4 aromatic heterocycles. The zero-order valence-electron chi connectivity index (χ0n) is 17.0. The standard InChI is InChI=1S/C20H15ClN8O3S/c1-28-18(13-9-25-29(11-13)15-5-3-14(21)4-6-15)16(10-24-28)20-26-19(27-32-20)12-2-7-17(23-8-12)33(22,30)31/h2-11H,1H3,(H2,22,30,31). The number of aryl methyl sites for hydroxylation is 1. The predicted octanol–water partition coefficient (Wildman–Crippen LogP) is 2.69. The molecule has 166 valence electrons. The first-order chi connectivity index (χ1) is 15.8. The summed E-state index contributed by atoms with van der Waals surface area (Å²) in [6, 6.07) is 10.1.